The number of carbonyl (C=O) groups excluding carboxylic acids is 3. The van der Waals surface area contributed by atoms with E-state index in [1.807, 2.05) is 36.4 Å². The summed E-state index contributed by atoms with van der Waals surface area (Å²) in [6.45, 7) is 10.8. The lowest BCUT2D eigenvalue weighted by atomic mass is 9.98. The number of aliphatic carboxylic acids is 2. The number of benzene rings is 2. The third-order valence-corrected chi connectivity index (χ3v) is 8.13. The average Bonchev–Trinajstić information content (AvgIpc) is 3.69. The molecule has 5 N–H and O–H groups in total. The van der Waals surface area contributed by atoms with Crippen LogP contribution in [0, 0.1) is 0 Å². The van der Waals surface area contributed by atoms with Crippen LogP contribution in [0.5, 0.6) is 0 Å². The maximum atomic E-state index is 12.5. The van der Waals surface area contributed by atoms with Gasteiger partial charge in [-0.05, 0) is 70.2 Å². The number of likely N-dealkylation sites (tertiary alicyclic amines) is 2. The summed E-state index contributed by atoms with van der Waals surface area (Å²) in [5.41, 5.74) is 8.74. The summed E-state index contributed by atoms with van der Waals surface area (Å²) in [4.78, 5) is 61.6. The van der Waals surface area contributed by atoms with Crippen LogP contribution < -0.4 is 11.1 Å². The van der Waals surface area contributed by atoms with Crippen molar-refractivity contribution in [3.05, 3.63) is 59.7 Å². The molecule has 5 rings (SSSR count). The van der Waals surface area contributed by atoms with Crippen molar-refractivity contribution >= 4 is 30.2 Å². The highest BCUT2D eigenvalue weighted by Crippen LogP contribution is 2.44. The Morgan fingerprint density at radius 3 is 1.67 bits per heavy atom. The first-order valence-electron chi connectivity index (χ1n) is 16.2. The van der Waals surface area contributed by atoms with Gasteiger partial charge in [-0.1, -0.05) is 48.5 Å². The Balaban J connectivity index is 0.000000284. The molecule has 2 aromatic carbocycles. The fraction of sp³-hybridized carbons (Fsp3) is 0.514. The molecule has 0 saturated carbocycles. The molecular weight excluding hydrogens is 636 g/mol. The van der Waals surface area contributed by atoms with Gasteiger partial charge in [-0.3, -0.25) is 9.80 Å². The maximum absolute atomic E-state index is 12.5. The van der Waals surface area contributed by atoms with Crippen molar-refractivity contribution in [1.29, 1.82) is 0 Å². The number of hydrogen-bond donors (Lipinski definition) is 4. The van der Waals surface area contributed by atoms with Gasteiger partial charge < -0.3 is 35.5 Å². The van der Waals surface area contributed by atoms with Gasteiger partial charge in [-0.25, -0.2) is 24.0 Å². The zero-order valence-corrected chi connectivity index (χ0v) is 28.7. The summed E-state index contributed by atoms with van der Waals surface area (Å²) in [6, 6.07) is 13.3. The smallest absolute Gasteiger partial charge is 0.411 e. The molecule has 0 spiro atoms. The van der Waals surface area contributed by atoms with Crippen molar-refractivity contribution < 1.29 is 48.4 Å². The lowest BCUT2D eigenvalue weighted by Crippen LogP contribution is -2.44. The SMILES string of the molecule is CC(C)(C)OC(=O)N1C[C@H](N)C[C@H]1C(=O)O.CC(C)(C)OC(=O)N1C[C@H](NC(=O)OCC2c3ccccc3-c3ccccc32)C[C@H]1C(=O)O. The normalized spacial score (nSPS) is 21.5. The highest BCUT2D eigenvalue weighted by molar-refractivity contribution is 5.82. The van der Waals surface area contributed by atoms with Crippen LogP contribution in [0.15, 0.2) is 48.5 Å². The van der Waals surface area contributed by atoms with E-state index in [4.69, 9.17) is 25.1 Å². The highest BCUT2D eigenvalue weighted by atomic mass is 16.6. The van der Waals surface area contributed by atoms with Gasteiger partial charge in [-0.15, -0.1) is 0 Å². The molecular formula is C35H46N4O10. The second-order valence-electron chi connectivity index (χ2n) is 14.4. The summed E-state index contributed by atoms with van der Waals surface area (Å²) in [5, 5.41) is 21.2. The molecule has 0 radical (unpaired) electrons. The Bertz CT molecular complexity index is 1520. The molecule has 14 heteroatoms. The van der Waals surface area contributed by atoms with Crippen LogP contribution in [0.4, 0.5) is 14.4 Å². The quantitative estimate of drug-likeness (QED) is 0.326. The molecule has 4 atom stereocenters. The molecule has 2 saturated heterocycles. The van der Waals surface area contributed by atoms with Crippen molar-refractivity contribution in [3.8, 4) is 11.1 Å². The van der Waals surface area contributed by atoms with E-state index in [0.29, 0.717) is 0 Å². The van der Waals surface area contributed by atoms with E-state index in [2.05, 4.69) is 17.4 Å². The van der Waals surface area contributed by atoms with Crippen molar-refractivity contribution in [2.45, 2.75) is 95.7 Å². The molecule has 0 aromatic heterocycles. The minimum Gasteiger partial charge on any atom is -0.480 e. The Labute approximate surface area is 285 Å². The van der Waals surface area contributed by atoms with Gasteiger partial charge in [-0.2, -0.15) is 0 Å². The minimum atomic E-state index is -1.14. The zero-order chi connectivity index (χ0) is 36.3. The number of alkyl carbamates (subject to hydrolysis) is 1. The third kappa shape index (κ3) is 9.40. The lowest BCUT2D eigenvalue weighted by Gasteiger charge is -2.26. The molecule has 3 aliphatic rings. The average molecular weight is 683 g/mol. The molecule has 3 amide bonds. The molecule has 49 heavy (non-hydrogen) atoms. The van der Waals surface area contributed by atoms with Crippen molar-refractivity contribution in [3.63, 3.8) is 0 Å². The van der Waals surface area contributed by atoms with E-state index in [0.717, 1.165) is 27.2 Å². The van der Waals surface area contributed by atoms with Crippen LogP contribution in [0.25, 0.3) is 11.1 Å². The molecule has 0 unspecified atom stereocenters. The number of nitrogens with one attached hydrogen (secondary N) is 1. The number of carboxylic acid groups (broad SMARTS) is 2. The van der Waals surface area contributed by atoms with Gasteiger partial charge in [0.25, 0.3) is 0 Å². The number of carboxylic acids is 2. The van der Waals surface area contributed by atoms with E-state index < -0.39 is 59.5 Å². The van der Waals surface area contributed by atoms with Crippen molar-refractivity contribution in [2.75, 3.05) is 19.7 Å². The van der Waals surface area contributed by atoms with E-state index in [-0.39, 0.29) is 44.5 Å². The Kier molecular flexibility index (Phi) is 11.1. The first-order valence-corrected chi connectivity index (χ1v) is 16.2. The van der Waals surface area contributed by atoms with Gasteiger partial charge >= 0.3 is 30.2 Å². The van der Waals surface area contributed by atoms with Gasteiger partial charge in [0.1, 0.15) is 29.9 Å². The van der Waals surface area contributed by atoms with E-state index >= 15 is 0 Å². The third-order valence-electron chi connectivity index (χ3n) is 8.13. The molecule has 14 nitrogen and oxygen atoms in total. The predicted octanol–water partition coefficient (Wildman–Crippen LogP) is 4.40. The first kappa shape index (κ1) is 37.0. The standard InChI is InChI=1S/C25H28N2O6.C10H18N2O4/c1-25(2,3)33-24(31)27-13-15(12-21(27)22(28)29)26-23(30)32-14-20-18-10-6-4-8-16(18)17-9-5-7-11-19(17)20;1-10(2,3)16-9(15)12-5-6(11)4-7(12)8(13)14/h4-11,15,20-21H,12-14H2,1-3H3,(H,26,30)(H,28,29);6-7H,4-5,11H2,1-3H3,(H,13,14)/t15-,21+;6-,7+/m11/s1. The monoisotopic (exact) mass is 682 g/mol. The Morgan fingerprint density at radius 1 is 0.755 bits per heavy atom. The van der Waals surface area contributed by atoms with E-state index in [9.17, 15) is 29.1 Å². The van der Waals surface area contributed by atoms with Crippen LogP contribution in [0.1, 0.15) is 71.4 Å². The summed E-state index contributed by atoms with van der Waals surface area (Å²) >= 11 is 0. The molecule has 2 fully saturated rings. The number of ether oxygens (including phenoxy) is 3. The van der Waals surface area contributed by atoms with E-state index in [1.54, 1.807) is 41.5 Å². The second kappa shape index (κ2) is 14.7. The van der Waals surface area contributed by atoms with E-state index in [1.165, 1.54) is 4.90 Å². The number of nitrogens with zero attached hydrogens (tertiary/aromatic N) is 2. The molecule has 2 aromatic rings. The molecule has 1 aliphatic carbocycles. The zero-order valence-electron chi connectivity index (χ0n) is 28.7. The summed E-state index contributed by atoms with van der Waals surface area (Å²) in [7, 11) is 0. The predicted molar refractivity (Wildman–Crippen MR) is 178 cm³/mol. The van der Waals surface area contributed by atoms with Gasteiger partial charge in [0.05, 0.1) is 6.04 Å². The topological polar surface area (TPSA) is 198 Å². The number of fused-ring (bicyclic) bond motifs is 3. The van der Waals surface area contributed by atoms with Crippen LogP contribution in [0.3, 0.4) is 0 Å². The van der Waals surface area contributed by atoms with Crippen LogP contribution in [-0.2, 0) is 23.8 Å². The van der Waals surface area contributed by atoms with Gasteiger partial charge in [0.2, 0.25) is 0 Å². The summed E-state index contributed by atoms with van der Waals surface area (Å²) in [6.07, 6.45) is -1.62. The first-order chi connectivity index (χ1) is 22.8. The van der Waals surface area contributed by atoms with Gasteiger partial charge in [0.15, 0.2) is 0 Å². The lowest BCUT2D eigenvalue weighted by molar-refractivity contribution is -0.142. The molecule has 0 bridgehead atoms. The minimum absolute atomic E-state index is 0.0378. The van der Waals surface area contributed by atoms with Crippen LogP contribution >= 0.6 is 0 Å². The molecule has 2 heterocycles. The fourth-order valence-electron chi connectivity index (χ4n) is 6.13. The second-order valence-corrected chi connectivity index (χ2v) is 14.4. The Morgan fingerprint density at radius 2 is 1.20 bits per heavy atom. The van der Waals surface area contributed by atoms with Crippen molar-refractivity contribution in [1.82, 2.24) is 15.1 Å². The summed E-state index contributed by atoms with van der Waals surface area (Å²) < 4.78 is 16.0. The fourth-order valence-corrected chi connectivity index (χ4v) is 6.13. The molecule has 2 aliphatic heterocycles. The number of amides is 3. The number of hydrogen-bond acceptors (Lipinski definition) is 9. The highest BCUT2D eigenvalue weighted by Gasteiger charge is 2.43. The Hall–Kier alpha value is -4.85. The maximum Gasteiger partial charge on any atom is 0.411 e. The number of rotatable bonds is 5. The number of nitrogens with two attached hydrogens (primary N) is 1. The molecule has 266 valence electrons. The number of carbonyl (C=O) groups is 5. The van der Waals surface area contributed by atoms with Crippen LogP contribution in [-0.4, -0.2) is 105 Å². The largest absolute Gasteiger partial charge is 0.480 e. The van der Waals surface area contributed by atoms with Crippen molar-refractivity contribution in [2.24, 2.45) is 5.73 Å². The van der Waals surface area contributed by atoms with Crippen LogP contribution in [0.2, 0.25) is 0 Å². The van der Waals surface area contributed by atoms with Gasteiger partial charge in [0, 0.05) is 31.5 Å². The summed E-state index contributed by atoms with van der Waals surface area (Å²) in [5.74, 6) is -2.26.